The number of rotatable bonds is 4. The number of hydrogen-bond acceptors (Lipinski definition) is 3. The van der Waals surface area contributed by atoms with Crippen molar-refractivity contribution in [3.8, 4) is 5.69 Å². The van der Waals surface area contributed by atoms with Gasteiger partial charge >= 0.3 is 0 Å². The number of carbonyl (C=O) groups is 1. The third kappa shape index (κ3) is 3.54. The number of nitrogens with zero attached hydrogens (tertiary/aromatic N) is 2. The summed E-state index contributed by atoms with van der Waals surface area (Å²) in [6, 6.07) is 7.47. The lowest BCUT2D eigenvalue weighted by Gasteiger charge is -2.25. The van der Waals surface area contributed by atoms with E-state index in [-0.39, 0.29) is 12.0 Å². The van der Waals surface area contributed by atoms with E-state index >= 15 is 0 Å². The minimum Gasteiger partial charge on any atom is -0.393 e. The van der Waals surface area contributed by atoms with Gasteiger partial charge in [0, 0.05) is 30.2 Å². The number of aliphatic hydroxyl groups is 1. The zero-order valence-corrected chi connectivity index (χ0v) is 12.5. The first-order valence-electron chi connectivity index (χ1n) is 7.77. The molecular weight excluding hydrogens is 278 g/mol. The standard InChI is InChI=1S/C17H21N3O2/c21-16-6-1-3-13(9-16)11-19-17(22)14-4-2-5-15(10-14)20-8-7-18-12-20/h2,4-5,7-8,10,12-13,16,21H,1,3,6,9,11H2,(H,19,22). The largest absolute Gasteiger partial charge is 0.393 e. The molecule has 1 amide bonds. The molecule has 2 N–H and O–H groups in total. The van der Waals surface area contributed by atoms with Gasteiger partial charge in [0.25, 0.3) is 5.91 Å². The van der Waals surface area contributed by atoms with Crippen molar-refractivity contribution in [1.29, 1.82) is 0 Å². The lowest BCUT2D eigenvalue weighted by Crippen LogP contribution is -2.33. The SMILES string of the molecule is O=C(NCC1CCCC(O)C1)c1cccc(-n2ccnc2)c1. The van der Waals surface area contributed by atoms with Gasteiger partial charge in [0.15, 0.2) is 0 Å². The molecule has 1 aromatic heterocycles. The maximum atomic E-state index is 12.3. The fourth-order valence-corrected chi connectivity index (χ4v) is 3.01. The van der Waals surface area contributed by atoms with Gasteiger partial charge < -0.3 is 15.0 Å². The van der Waals surface area contributed by atoms with Crippen LogP contribution in [-0.4, -0.2) is 33.2 Å². The highest BCUT2D eigenvalue weighted by molar-refractivity contribution is 5.94. The number of aliphatic hydroxyl groups excluding tert-OH is 1. The maximum absolute atomic E-state index is 12.3. The Morgan fingerprint density at radius 3 is 3.09 bits per heavy atom. The fraction of sp³-hybridized carbons (Fsp3) is 0.412. The van der Waals surface area contributed by atoms with Crippen LogP contribution in [0.4, 0.5) is 0 Å². The van der Waals surface area contributed by atoms with Crippen molar-refractivity contribution in [3.05, 3.63) is 48.5 Å². The second kappa shape index (κ2) is 6.75. The topological polar surface area (TPSA) is 67.2 Å². The Morgan fingerprint density at radius 1 is 1.41 bits per heavy atom. The summed E-state index contributed by atoms with van der Waals surface area (Å²) in [4.78, 5) is 16.3. The Labute approximate surface area is 130 Å². The normalized spacial score (nSPS) is 21.5. The molecule has 2 atom stereocenters. The molecule has 22 heavy (non-hydrogen) atoms. The molecule has 116 valence electrons. The molecule has 1 heterocycles. The number of aromatic nitrogens is 2. The van der Waals surface area contributed by atoms with Crippen LogP contribution in [0.3, 0.4) is 0 Å². The average molecular weight is 299 g/mol. The smallest absolute Gasteiger partial charge is 0.251 e. The molecule has 1 fully saturated rings. The van der Waals surface area contributed by atoms with Gasteiger partial charge in [-0.2, -0.15) is 0 Å². The molecule has 5 heteroatoms. The summed E-state index contributed by atoms with van der Waals surface area (Å²) in [7, 11) is 0. The van der Waals surface area contributed by atoms with Crippen LogP contribution in [0.25, 0.3) is 5.69 Å². The van der Waals surface area contributed by atoms with E-state index in [0.29, 0.717) is 18.0 Å². The van der Waals surface area contributed by atoms with Crippen LogP contribution >= 0.6 is 0 Å². The molecule has 5 nitrogen and oxygen atoms in total. The number of hydrogen-bond donors (Lipinski definition) is 2. The number of amides is 1. The van der Waals surface area contributed by atoms with E-state index in [2.05, 4.69) is 10.3 Å². The monoisotopic (exact) mass is 299 g/mol. The Morgan fingerprint density at radius 2 is 2.32 bits per heavy atom. The van der Waals surface area contributed by atoms with E-state index in [1.807, 2.05) is 35.0 Å². The van der Waals surface area contributed by atoms with Crippen molar-refractivity contribution in [2.24, 2.45) is 5.92 Å². The van der Waals surface area contributed by atoms with Crippen LogP contribution < -0.4 is 5.32 Å². The second-order valence-corrected chi connectivity index (χ2v) is 5.92. The minimum atomic E-state index is -0.208. The summed E-state index contributed by atoms with van der Waals surface area (Å²) < 4.78 is 1.87. The van der Waals surface area contributed by atoms with Crippen molar-refractivity contribution in [1.82, 2.24) is 14.9 Å². The third-order valence-corrected chi connectivity index (χ3v) is 4.22. The summed E-state index contributed by atoms with van der Waals surface area (Å²) >= 11 is 0. The molecule has 3 rings (SSSR count). The molecule has 1 aliphatic rings. The Hall–Kier alpha value is -2.14. The zero-order chi connectivity index (χ0) is 15.4. The molecule has 1 aromatic carbocycles. The highest BCUT2D eigenvalue weighted by atomic mass is 16.3. The van der Waals surface area contributed by atoms with Crippen molar-refractivity contribution >= 4 is 5.91 Å². The van der Waals surface area contributed by atoms with E-state index in [1.165, 1.54) is 0 Å². The van der Waals surface area contributed by atoms with Crippen LogP contribution in [0, 0.1) is 5.92 Å². The fourth-order valence-electron chi connectivity index (χ4n) is 3.01. The van der Waals surface area contributed by atoms with Crippen molar-refractivity contribution < 1.29 is 9.90 Å². The predicted molar refractivity (Wildman–Crippen MR) is 83.9 cm³/mol. The van der Waals surface area contributed by atoms with Crippen LogP contribution in [-0.2, 0) is 0 Å². The first-order chi connectivity index (χ1) is 10.7. The highest BCUT2D eigenvalue weighted by Crippen LogP contribution is 2.23. The molecule has 2 unspecified atom stereocenters. The lowest BCUT2D eigenvalue weighted by atomic mass is 9.87. The third-order valence-electron chi connectivity index (χ3n) is 4.22. The van der Waals surface area contributed by atoms with E-state index in [0.717, 1.165) is 31.4 Å². The number of carbonyl (C=O) groups excluding carboxylic acids is 1. The first-order valence-corrected chi connectivity index (χ1v) is 7.77. The van der Waals surface area contributed by atoms with E-state index in [9.17, 15) is 9.90 Å². The van der Waals surface area contributed by atoms with Crippen LogP contribution in [0.2, 0.25) is 0 Å². The summed E-state index contributed by atoms with van der Waals surface area (Å²) in [6.45, 7) is 0.630. The van der Waals surface area contributed by atoms with Gasteiger partial charge in [-0.05, 0) is 43.4 Å². The zero-order valence-electron chi connectivity index (χ0n) is 12.5. The molecular formula is C17H21N3O2. The average Bonchev–Trinajstić information content (AvgIpc) is 3.07. The highest BCUT2D eigenvalue weighted by Gasteiger charge is 2.20. The van der Waals surface area contributed by atoms with E-state index < -0.39 is 0 Å². The van der Waals surface area contributed by atoms with Gasteiger partial charge in [0.2, 0.25) is 0 Å². The molecule has 0 aliphatic heterocycles. The summed E-state index contributed by atoms with van der Waals surface area (Å²) in [6.07, 6.45) is 8.85. The van der Waals surface area contributed by atoms with Gasteiger partial charge in [0.05, 0.1) is 12.4 Å². The molecule has 0 bridgehead atoms. The Bertz CT molecular complexity index is 625. The molecule has 0 radical (unpaired) electrons. The van der Waals surface area contributed by atoms with Crippen molar-refractivity contribution in [2.75, 3.05) is 6.54 Å². The van der Waals surface area contributed by atoms with Crippen LogP contribution in [0.15, 0.2) is 43.0 Å². The summed E-state index contributed by atoms with van der Waals surface area (Å²) in [5.74, 6) is 0.312. The molecule has 1 saturated carbocycles. The van der Waals surface area contributed by atoms with Crippen molar-refractivity contribution in [3.63, 3.8) is 0 Å². The molecule has 0 saturated heterocycles. The molecule has 2 aromatic rings. The predicted octanol–water partition coefficient (Wildman–Crippen LogP) is 2.15. The van der Waals surface area contributed by atoms with Gasteiger partial charge in [-0.15, -0.1) is 0 Å². The van der Waals surface area contributed by atoms with E-state index in [4.69, 9.17) is 0 Å². The van der Waals surface area contributed by atoms with Gasteiger partial charge in [-0.1, -0.05) is 12.5 Å². The summed E-state index contributed by atoms with van der Waals surface area (Å²) in [5.41, 5.74) is 1.56. The number of benzene rings is 1. The Kier molecular flexibility index (Phi) is 4.53. The Balaban J connectivity index is 1.61. The maximum Gasteiger partial charge on any atom is 0.251 e. The van der Waals surface area contributed by atoms with Crippen LogP contribution in [0.5, 0.6) is 0 Å². The second-order valence-electron chi connectivity index (χ2n) is 5.92. The minimum absolute atomic E-state index is 0.0676. The quantitative estimate of drug-likeness (QED) is 0.909. The van der Waals surface area contributed by atoms with Crippen LogP contribution in [0.1, 0.15) is 36.0 Å². The lowest BCUT2D eigenvalue weighted by molar-refractivity contribution is 0.0874. The number of imidazole rings is 1. The van der Waals surface area contributed by atoms with E-state index in [1.54, 1.807) is 12.5 Å². The first kappa shape index (κ1) is 14.8. The molecule has 1 aliphatic carbocycles. The summed E-state index contributed by atoms with van der Waals surface area (Å²) in [5, 5.41) is 12.7. The number of nitrogens with one attached hydrogen (secondary N) is 1. The van der Waals surface area contributed by atoms with Gasteiger partial charge in [-0.3, -0.25) is 4.79 Å². The van der Waals surface area contributed by atoms with Crippen molar-refractivity contribution in [2.45, 2.75) is 31.8 Å². The molecule has 0 spiro atoms. The van der Waals surface area contributed by atoms with Gasteiger partial charge in [0.1, 0.15) is 0 Å². The van der Waals surface area contributed by atoms with Gasteiger partial charge in [-0.25, -0.2) is 4.98 Å².